The van der Waals surface area contributed by atoms with Crippen LogP contribution in [0.1, 0.15) is 6.92 Å². The monoisotopic (exact) mass is 258 g/mol. The number of nitrogens with one attached hydrogen (secondary N) is 2. The van der Waals surface area contributed by atoms with Gasteiger partial charge in [0, 0.05) is 0 Å². The molecule has 0 saturated carbocycles. The van der Waals surface area contributed by atoms with E-state index in [-0.39, 0.29) is 6.54 Å². The maximum Gasteiger partial charge on any atom is 0.320 e. The number of para-hydroxylation sites is 1. The molecule has 7 heteroatoms. The van der Waals surface area contributed by atoms with E-state index in [9.17, 15) is 18.4 Å². The van der Waals surface area contributed by atoms with Crippen LogP contribution in [0.5, 0.6) is 0 Å². The van der Waals surface area contributed by atoms with Crippen LogP contribution in [0, 0.1) is 11.6 Å². The summed E-state index contributed by atoms with van der Waals surface area (Å²) in [7, 11) is 0. The van der Waals surface area contributed by atoms with E-state index in [0.29, 0.717) is 0 Å². The summed E-state index contributed by atoms with van der Waals surface area (Å²) in [4.78, 5) is 21.8. The van der Waals surface area contributed by atoms with Gasteiger partial charge in [0.25, 0.3) is 0 Å². The van der Waals surface area contributed by atoms with Crippen LogP contribution in [0.15, 0.2) is 18.2 Å². The Balaban J connectivity index is 2.58. The summed E-state index contributed by atoms with van der Waals surface area (Å²) in [5, 5.41) is 13.0. The van der Waals surface area contributed by atoms with Crippen molar-refractivity contribution in [2.24, 2.45) is 0 Å². The molecule has 3 N–H and O–H groups in total. The molecule has 1 rings (SSSR count). The third-order valence-corrected chi connectivity index (χ3v) is 2.17. The number of amides is 1. The van der Waals surface area contributed by atoms with Crippen LogP contribution in [0.25, 0.3) is 0 Å². The first-order chi connectivity index (χ1) is 8.41. The zero-order chi connectivity index (χ0) is 13.7. The number of anilines is 1. The first-order valence-electron chi connectivity index (χ1n) is 5.12. The van der Waals surface area contributed by atoms with Crippen molar-refractivity contribution in [1.29, 1.82) is 0 Å². The maximum atomic E-state index is 13.2. The predicted octanol–water partition coefficient (Wildman–Crippen LogP) is 0.966. The Morgan fingerprint density at radius 2 is 1.89 bits per heavy atom. The Morgan fingerprint density at radius 1 is 1.33 bits per heavy atom. The third-order valence-electron chi connectivity index (χ3n) is 2.17. The number of aliphatic carboxylic acids is 1. The summed E-state index contributed by atoms with van der Waals surface area (Å²) < 4.78 is 26.3. The lowest BCUT2D eigenvalue weighted by Gasteiger charge is -2.10. The lowest BCUT2D eigenvalue weighted by Crippen LogP contribution is -2.39. The van der Waals surface area contributed by atoms with Crippen LogP contribution < -0.4 is 10.6 Å². The van der Waals surface area contributed by atoms with Gasteiger partial charge in [0.2, 0.25) is 5.91 Å². The fourth-order valence-electron chi connectivity index (χ4n) is 1.13. The van der Waals surface area contributed by atoms with Gasteiger partial charge in [-0.25, -0.2) is 8.78 Å². The molecule has 0 saturated heterocycles. The van der Waals surface area contributed by atoms with Gasteiger partial charge >= 0.3 is 5.97 Å². The quantitative estimate of drug-likeness (QED) is 0.735. The predicted molar refractivity (Wildman–Crippen MR) is 60.1 cm³/mol. The molecule has 18 heavy (non-hydrogen) atoms. The first-order valence-corrected chi connectivity index (χ1v) is 5.12. The summed E-state index contributed by atoms with van der Waals surface area (Å²) in [6, 6.07) is 2.25. The van der Waals surface area contributed by atoms with E-state index >= 15 is 0 Å². The van der Waals surface area contributed by atoms with Gasteiger partial charge in [-0.2, -0.15) is 0 Å². The van der Waals surface area contributed by atoms with Gasteiger partial charge in [0.05, 0.1) is 6.54 Å². The minimum Gasteiger partial charge on any atom is -0.480 e. The molecular formula is C11H12F2N2O3. The molecular weight excluding hydrogens is 246 g/mol. The van der Waals surface area contributed by atoms with Crippen molar-refractivity contribution in [1.82, 2.24) is 5.32 Å². The zero-order valence-electron chi connectivity index (χ0n) is 9.54. The molecule has 0 heterocycles. The summed E-state index contributed by atoms with van der Waals surface area (Å²) in [6.45, 7) is 0.987. The number of carbonyl (C=O) groups excluding carboxylic acids is 1. The average Bonchev–Trinajstić information content (AvgIpc) is 2.30. The van der Waals surface area contributed by atoms with Gasteiger partial charge in [-0.15, -0.1) is 0 Å². The van der Waals surface area contributed by atoms with E-state index in [2.05, 4.69) is 5.32 Å². The number of halogens is 2. The SMILES string of the molecule is C[C@H](NCC(=O)Nc1c(F)cccc1F)C(=O)O. The summed E-state index contributed by atoms with van der Waals surface area (Å²) in [6.07, 6.45) is 0. The Morgan fingerprint density at radius 3 is 2.39 bits per heavy atom. The van der Waals surface area contributed by atoms with Gasteiger partial charge in [0.1, 0.15) is 23.4 Å². The third kappa shape index (κ3) is 3.77. The van der Waals surface area contributed by atoms with Crippen LogP contribution in [0.4, 0.5) is 14.5 Å². The molecule has 0 aliphatic carbocycles. The van der Waals surface area contributed by atoms with E-state index in [0.717, 1.165) is 12.1 Å². The highest BCUT2D eigenvalue weighted by Crippen LogP contribution is 2.17. The standard InChI is InChI=1S/C11H12F2N2O3/c1-6(11(17)18)14-5-9(16)15-10-7(12)3-2-4-8(10)13/h2-4,6,14H,5H2,1H3,(H,15,16)(H,17,18)/t6-/m0/s1. The molecule has 0 aliphatic heterocycles. The molecule has 1 atom stereocenters. The van der Waals surface area contributed by atoms with Crippen molar-refractivity contribution in [2.75, 3.05) is 11.9 Å². The van der Waals surface area contributed by atoms with Crippen molar-refractivity contribution in [3.05, 3.63) is 29.8 Å². The minimum atomic E-state index is -1.13. The topological polar surface area (TPSA) is 78.4 Å². The number of hydrogen-bond acceptors (Lipinski definition) is 3. The molecule has 5 nitrogen and oxygen atoms in total. The highest BCUT2D eigenvalue weighted by atomic mass is 19.1. The Kier molecular flexibility index (Phi) is 4.73. The van der Waals surface area contributed by atoms with Crippen LogP contribution in [0.2, 0.25) is 0 Å². The zero-order valence-corrected chi connectivity index (χ0v) is 9.54. The van der Waals surface area contributed by atoms with E-state index in [1.807, 2.05) is 5.32 Å². The lowest BCUT2D eigenvalue weighted by atomic mass is 10.3. The number of rotatable bonds is 5. The molecule has 1 aromatic carbocycles. The second kappa shape index (κ2) is 6.06. The first kappa shape index (κ1) is 14.0. The highest BCUT2D eigenvalue weighted by molar-refractivity contribution is 5.92. The molecule has 0 bridgehead atoms. The number of carboxylic acids is 1. The van der Waals surface area contributed by atoms with Gasteiger partial charge in [-0.1, -0.05) is 6.07 Å². The second-order valence-electron chi connectivity index (χ2n) is 3.59. The van der Waals surface area contributed by atoms with Crippen LogP contribution in [0.3, 0.4) is 0 Å². The van der Waals surface area contributed by atoms with E-state index in [1.54, 1.807) is 0 Å². The normalized spacial score (nSPS) is 11.9. The van der Waals surface area contributed by atoms with Crippen molar-refractivity contribution >= 4 is 17.6 Å². The number of hydrogen-bond donors (Lipinski definition) is 3. The number of carboxylic acid groups (broad SMARTS) is 1. The summed E-state index contributed by atoms with van der Waals surface area (Å²) in [5.74, 6) is -3.64. The maximum absolute atomic E-state index is 13.2. The van der Waals surface area contributed by atoms with Gasteiger partial charge in [0.15, 0.2) is 0 Å². The average molecular weight is 258 g/mol. The molecule has 0 aromatic heterocycles. The molecule has 0 unspecified atom stereocenters. The Hall–Kier alpha value is -2.02. The van der Waals surface area contributed by atoms with Crippen molar-refractivity contribution in [3.8, 4) is 0 Å². The fraction of sp³-hybridized carbons (Fsp3) is 0.273. The number of carbonyl (C=O) groups is 2. The summed E-state index contributed by atoms with van der Waals surface area (Å²) >= 11 is 0. The van der Waals surface area contributed by atoms with Crippen LogP contribution >= 0.6 is 0 Å². The van der Waals surface area contributed by atoms with Crippen molar-refractivity contribution < 1.29 is 23.5 Å². The minimum absolute atomic E-state index is 0.360. The molecule has 0 fully saturated rings. The smallest absolute Gasteiger partial charge is 0.320 e. The van der Waals surface area contributed by atoms with Crippen molar-refractivity contribution in [3.63, 3.8) is 0 Å². The van der Waals surface area contributed by atoms with Gasteiger partial charge < -0.3 is 10.4 Å². The molecule has 1 amide bonds. The molecule has 0 radical (unpaired) electrons. The molecule has 1 aromatic rings. The second-order valence-corrected chi connectivity index (χ2v) is 3.59. The highest BCUT2D eigenvalue weighted by Gasteiger charge is 2.14. The van der Waals surface area contributed by atoms with E-state index in [4.69, 9.17) is 5.11 Å². The number of benzene rings is 1. The summed E-state index contributed by atoms with van der Waals surface area (Å²) in [5.41, 5.74) is -0.549. The van der Waals surface area contributed by atoms with Crippen LogP contribution in [-0.2, 0) is 9.59 Å². The molecule has 98 valence electrons. The Bertz CT molecular complexity index is 445. The van der Waals surface area contributed by atoms with Crippen molar-refractivity contribution in [2.45, 2.75) is 13.0 Å². The van der Waals surface area contributed by atoms with Gasteiger partial charge in [-0.05, 0) is 19.1 Å². The van der Waals surface area contributed by atoms with Crippen LogP contribution in [-0.4, -0.2) is 29.6 Å². The molecule has 0 aliphatic rings. The fourth-order valence-corrected chi connectivity index (χ4v) is 1.13. The molecule has 0 spiro atoms. The van der Waals surface area contributed by atoms with Gasteiger partial charge in [-0.3, -0.25) is 14.9 Å². The largest absolute Gasteiger partial charge is 0.480 e. The Labute approximate surface area is 102 Å². The van der Waals surface area contributed by atoms with E-state index in [1.165, 1.54) is 13.0 Å². The van der Waals surface area contributed by atoms with E-state index < -0.39 is 35.2 Å². The lowest BCUT2D eigenvalue weighted by molar-refractivity contribution is -0.139.